The summed E-state index contributed by atoms with van der Waals surface area (Å²) in [5.74, 6) is 0. The number of nitrogens with two attached hydrogens (primary N) is 4. The van der Waals surface area contributed by atoms with Gasteiger partial charge in [-0.1, -0.05) is 6.92 Å². The van der Waals surface area contributed by atoms with Crippen LogP contribution < -0.4 is 22.9 Å². The molecule has 0 saturated carbocycles. The first-order valence-corrected chi connectivity index (χ1v) is 2.98. The van der Waals surface area contributed by atoms with E-state index in [0.717, 1.165) is 0 Å². The van der Waals surface area contributed by atoms with Crippen molar-refractivity contribution >= 4 is 0 Å². The third-order valence-corrected chi connectivity index (χ3v) is 1.74. The summed E-state index contributed by atoms with van der Waals surface area (Å²) in [7, 11) is 0. The highest BCUT2D eigenvalue weighted by molar-refractivity contribution is 4.82. The van der Waals surface area contributed by atoms with Crippen LogP contribution in [0.1, 0.15) is 6.92 Å². The number of rotatable bonds is 3. The van der Waals surface area contributed by atoms with Gasteiger partial charge < -0.3 is 22.9 Å². The van der Waals surface area contributed by atoms with Gasteiger partial charge in [0.1, 0.15) is 0 Å². The third kappa shape index (κ3) is 1.91. The standard InChI is InChI=1S/C5H16N4/c1-5(2-6,3-7)4(8)9/h4H,2-3,6-9H2,1H3. The Balaban J connectivity index is 3.92. The minimum absolute atomic E-state index is 0.306. The second-order valence-electron chi connectivity index (χ2n) is 2.59. The summed E-state index contributed by atoms with van der Waals surface area (Å²) in [5.41, 5.74) is 21.3. The minimum atomic E-state index is -0.424. The lowest BCUT2D eigenvalue weighted by atomic mass is 9.88. The molecule has 0 rings (SSSR count). The number of hydrogen-bond acceptors (Lipinski definition) is 4. The van der Waals surface area contributed by atoms with E-state index >= 15 is 0 Å². The Kier molecular flexibility index (Phi) is 3.07. The molecule has 0 aliphatic carbocycles. The molecule has 0 unspecified atom stereocenters. The summed E-state index contributed by atoms with van der Waals surface area (Å²) < 4.78 is 0. The molecule has 0 aromatic carbocycles. The molecular formula is C5H16N4. The monoisotopic (exact) mass is 132 g/mol. The van der Waals surface area contributed by atoms with Gasteiger partial charge in [0.2, 0.25) is 0 Å². The average Bonchev–Trinajstić information content (AvgIpc) is 1.86. The van der Waals surface area contributed by atoms with Gasteiger partial charge in [-0.05, 0) is 0 Å². The van der Waals surface area contributed by atoms with E-state index in [-0.39, 0.29) is 5.41 Å². The molecule has 0 spiro atoms. The van der Waals surface area contributed by atoms with Crippen LogP contribution in [0.4, 0.5) is 0 Å². The lowest BCUT2D eigenvalue weighted by Gasteiger charge is -2.29. The predicted molar refractivity (Wildman–Crippen MR) is 38.4 cm³/mol. The second kappa shape index (κ2) is 3.12. The van der Waals surface area contributed by atoms with Gasteiger partial charge in [0, 0.05) is 18.5 Å². The third-order valence-electron chi connectivity index (χ3n) is 1.74. The molecule has 4 nitrogen and oxygen atoms in total. The van der Waals surface area contributed by atoms with E-state index in [1.54, 1.807) is 0 Å². The van der Waals surface area contributed by atoms with Crippen molar-refractivity contribution in [1.82, 2.24) is 0 Å². The van der Waals surface area contributed by atoms with Gasteiger partial charge >= 0.3 is 0 Å². The van der Waals surface area contributed by atoms with Crippen LogP contribution in [0.25, 0.3) is 0 Å². The van der Waals surface area contributed by atoms with E-state index < -0.39 is 6.17 Å². The Morgan fingerprint density at radius 2 is 1.56 bits per heavy atom. The summed E-state index contributed by atoms with van der Waals surface area (Å²) in [4.78, 5) is 0. The van der Waals surface area contributed by atoms with E-state index in [4.69, 9.17) is 22.9 Å². The van der Waals surface area contributed by atoms with Gasteiger partial charge in [-0.3, -0.25) is 0 Å². The highest BCUT2D eigenvalue weighted by atomic mass is 14.9. The summed E-state index contributed by atoms with van der Waals surface area (Å²) in [6, 6.07) is 0. The summed E-state index contributed by atoms with van der Waals surface area (Å²) in [6.07, 6.45) is -0.424. The molecule has 4 heteroatoms. The fraction of sp³-hybridized carbons (Fsp3) is 1.00. The van der Waals surface area contributed by atoms with Crippen LogP contribution >= 0.6 is 0 Å². The lowest BCUT2D eigenvalue weighted by Crippen LogP contribution is -2.54. The highest BCUT2D eigenvalue weighted by Crippen LogP contribution is 2.11. The zero-order chi connectivity index (χ0) is 7.49. The minimum Gasteiger partial charge on any atom is -0.330 e. The molecule has 0 fully saturated rings. The Bertz CT molecular complexity index is 77.0. The average molecular weight is 132 g/mol. The van der Waals surface area contributed by atoms with Crippen molar-refractivity contribution in [2.24, 2.45) is 28.3 Å². The van der Waals surface area contributed by atoms with E-state index in [9.17, 15) is 0 Å². The molecule has 56 valence electrons. The van der Waals surface area contributed by atoms with Gasteiger partial charge in [-0.25, -0.2) is 0 Å². The maximum atomic E-state index is 5.41. The Morgan fingerprint density at radius 3 is 1.56 bits per heavy atom. The van der Waals surface area contributed by atoms with Gasteiger partial charge in [0.15, 0.2) is 0 Å². The zero-order valence-corrected chi connectivity index (χ0v) is 5.80. The molecule has 0 aromatic rings. The Morgan fingerprint density at radius 1 is 1.22 bits per heavy atom. The van der Waals surface area contributed by atoms with Gasteiger partial charge in [-0.2, -0.15) is 0 Å². The molecule has 8 N–H and O–H groups in total. The van der Waals surface area contributed by atoms with Crippen molar-refractivity contribution in [2.75, 3.05) is 13.1 Å². The summed E-state index contributed by atoms with van der Waals surface area (Å²) >= 11 is 0. The maximum Gasteiger partial charge on any atom is 0.0600 e. The molecule has 0 heterocycles. The topological polar surface area (TPSA) is 104 Å². The quantitative estimate of drug-likeness (QED) is 0.338. The fourth-order valence-electron chi connectivity index (χ4n) is 0.355. The van der Waals surface area contributed by atoms with Gasteiger partial charge in [-0.15, -0.1) is 0 Å². The van der Waals surface area contributed by atoms with Crippen molar-refractivity contribution < 1.29 is 0 Å². The van der Waals surface area contributed by atoms with Gasteiger partial charge in [0.05, 0.1) is 6.17 Å². The van der Waals surface area contributed by atoms with Crippen molar-refractivity contribution in [1.29, 1.82) is 0 Å². The summed E-state index contributed by atoms with van der Waals surface area (Å²) in [6.45, 7) is 2.74. The Hall–Kier alpha value is -0.160. The molecule has 0 aliphatic rings. The van der Waals surface area contributed by atoms with Gasteiger partial charge in [0.25, 0.3) is 0 Å². The largest absolute Gasteiger partial charge is 0.330 e. The molecule has 0 atom stereocenters. The van der Waals surface area contributed by atoms with E-state index in [2.05, 4.69) is 0 Å². The van der Waals surface area contributed by atoms with E-state index in [1.165, 1.54) is 0 Å². The Labute approximate surface area is 55.6 Å². The normalized spacial score (nSPS) is 12.7. The van der Waals surface area contributed by atoms with Crippen LogP contribution in [-0.4, -0.2) is 19.3 Å². The molecular weight excluding hydrogens is 116 g/mol. The molecule has 0 saturated heterocycles. The van der Waals surface area contributed by atoms with Crippen LogP contribution in [-0.2, 0) is 0 Å². The van der Waals surface area contributed by atoms with E-state index in [0.29, 0.717) is 13.1 Å². The smallest absolute Gasteiger partial charge is 0.0600 e. The molecule has 0 radical (unpaired) electrons. The first kappa shape index (κ1) is 8.84. The highest BCUT2D eigenvalue weighted by Gasteiger charge is 2.25. The molecule has 0 amide bonds. The van der Waals surface area contributed by atoms with Crippen LogP contribution in [0.2, 0.25) is 0 Å². The van der Waals surface area contributed by atoms with Crippen LogP contribution in [0.3, 0.4) is 0 Å². The van der Waals surface area contributed by atoms with Crippen LogP contribution in [0.15, 0.2) is 0 Å². The van der Waals surface area contributed by atoms with E-state index in [1.807, 2.05) is 6.92 Å². The predicted octanol–water partition coefficient (Wildman–Crippen LogP) is -1.85. The summed E-state index contributed by atoms with van der Waals surface area (Å²) in [5, 5.41) is 0. The first-order chi connectivity index (χ1) is 4.06. The van der Waals surface area contributed by atoms with Crippen molar-refractivity contribution in [2.45, 2.75) is 13.1 Å². The molecule has 9 heavy (non-hydrogen) atoms. The molecule has 0 aromatic heterocycles. The SMILES string of the molecule is CC(CN)(CN)C(N)N. The number of hydrogen-bond donors (Lipinski definition) is 4. The fourth-order valence-corrected chi connectivity index (χ4v) is 0.355. The lowest BCUT2D eigenvalue weighted by molar-refractivity contribution is 0.279. The second-order valence-corrected chi connectivity index (χ2v) is 2.59. The first-order valence-electron chi connectivity index (χ1n) is 2.98. The van der Waals surface area contributed by atoms with Crippen molar-refractivity contribution in [3.8, 4) is 0 Å². The zero-order valence-electron chi connectivity index (χ0n) is 5.80. The van der Waals surface area contributed by atoms with Crippen molar-refractivity contribution in [3.63, 3.8) is 0 Å². The molecule has 0 aliphatic heterocycles. The molecule has 0 bridgehead atoms. The maximum absolute atomic E-state index is 5.41. The van der Waals surface area contributed by atoms with Crippen LogP contribution in [0.5, 0.6) is 0 Å². The van der Waals surface area contributed by atoms with Crippen molar-refractivity contribution in [3.05, 3.63) is 0 Å². The van der Waals surface area contributed by atoms with Crippen LogP contribution in [0, 0.1) is 5.41 Å².